The summed E-state index contributed by atoms with van der Waals surface area (Å²) in [5, 5.41) is 11.7. The van der Waals surface area contributed by atoms with Gasteiger partial charge >= 0.3 is 0 Å². The minimum atomic E-state index is -0.851. The highest BCUT2D eigenvalue weighted by atomic mass is 16.3. The number of hydrogen-bond donors (Lipinski definition) is 1. The lowest BCUT2D eigenvalue weighted by atomic mass is 9.80. The third-order valence-electron chi connectivity index (χ3n) is 4.98. The number of fused-ring (bicyclic) bond motifs is 2. The third kappa shape index (κ3) is 3.34. The van der Waals surface area contributed by atoms with E-state index in [1.807, 2.05) is 0 Å². The molecule has 0 aliphatic heterocycles. The topological polar surface area (TPSA) is 23.5 Å². The van der Waals surface area contributed by atoms with Crippen molar-refractivity contribution in [2.75, 3.05) is 20.6 Å². The molecule has 1 N–H and O–H groups in total. The molecule has 0 heterocycles. The molecule has 2 aromatic carbocycles. The Balaban J connectivity index is 1.95. The Bertz CT molecular complexity index is 615. The lowest BCUT2D eigenvalue weighted by Gasteiger charge is -2.31. The van der Waals surface area contributed by atoms with Crippen LogP contribution < -0.4 is 0 Å². The van der Waals surface area contributed by atoms with Crippen LogP contribution in [0.5, 0.6) is 0 Å². The zero-order valence-corrected chi connectivity index (χ0v) is 14.3. The van der Waals surface area contributed by atoms with Crippen LogP contribution in [-0.4, -0.2) is 30.6 Å². The lowest BCUT2D eigenvalue weighted by Crippen LogP contribution is -2.29. The fraction of sp³-hybridized carbons (Fsp3) is 0.429. The quantitative estimate of drug-likeness (QED) is 0.850. The third-order valence-corrected chi connectivity index (χ3v) is 4.98. The second kappa shape index (κ2) is 6.86. The Morgan fingerprint density at radius 2 is 1.39 bits per heavy atom. The van der Waals surface area contributed by atoms with Gasteiger partial charge in [0.2, 0.25) is 0 Å². The van der Waals surface area contributed by atoms with Crippen LogP contribution in [0.25, 0.3) is 0 Å². The van der Waals surface area contributed by atoms with Crippen LogP contribution in [0.15, 0.2) is 48.5 Å². The van der Waals surface area contributed by atoms with Gasteiger partial charge in [-0.2, -0.15) is 0 Å². The molecular formula is C21H27NO. The second-order valence-corrected chi connectivity index (χ2v) is 6.93. The van der Waals surface area contributed by atoms with Gasteiger partial charge in [0.25, 0.3) is 0 Å². The molecule has 0 atom stereocenters. The Kier molecular flexibility index (Phi) is 4.84. The number of aliphatic hydroxyl groups is 1. The van der Waals surface area contributed by atoms with E-state index >= 15 is 0 Å². The van der Waals surface area contributed by atoms with Gasteiger partial charge in [0.1, 0.15) is 5.60 Å². The van der Waals surface area contributed by atoms with Crippen molar-refractivity contribution in [3.63, 3.8) is 0 Å². The van der Waals surface area contributed by atoms with Gasteiger partial charge in [-0.1, -0.05) is 48.5 Å². The Morgan fingerprint density at radius 3 is 1.91 bits per heavy atom. The molecule has 0 amide bonds. The van der Waals surface area contributed by atoms with E-state index in [0.717, 1.165) is 49.8 Å². The van der Waals surface area contributed by atoms with Crippen LogP contribution in [-0.2, 0) is 18.4 Å². The average molecular weight is 309 g/mol. The van der Waals surface area contributed by atoms with Gasteiger partial charge in [0.15, 0.2) is 0 Å². The van der Waals surface area contributed by atoms with Gasteiger partial charge in [-0.25, -0.2) is 0 Å². The van der Waals surface area contributed by atoms with Gasteiger partial charge in [-0.15, -0.1) is 0 Å². The van der Waals surface area contributed by atoms with Crippen LogP contribution in [0.1, 0.15) is 41.5 Å². The van der Waals surface area contributed by atoms with E-state index in [4.69, 9.17) is 0 Å². The van der Waals surface area contributed by atoms with Crippen molar-refractivity contribution in [2.45, 2.75) is 37.7 Å². The number of nitrogens with zero attached hydrogens (tertiary/aromatic N) is 1. The smallest absolute Gasteiger partial charge is 0.115 e. The van der Waals surface area contributed by atoms with Gasteiger partial charge in [-0.05, 0) is 75.0 Å². The summed E-state index contributed by atoms with van der Waals surface area (Å²) >= 11 is 0. The summed E-state index contributed by atoms with van der Waals surface area (Å²) in [4.78, 5) is 2.21. The standard InChI is InChI=1S/C21H27NO/c1-22(2)16-8-7-15-21(23)19-11-5-3-9-17(19)13-14-18-10-4-6-12-20(18)21/h3-6,9-12,23H,7-8,13-16H2,1-2H3. The maximum atomic E-state index is 11.7. The van der Waals surface area contributed by atoms with E-state index in [9.17, 15) is 5.11 Å². The first-order chi connectivity index (χ1) is 11.1. The number of hydrogen-bond acceptors (Lipinski definition) is 2. The lowest BCUT2D eigenvalue weighted by molar-refractivity contribution is 0.0668. The normalized spacial score (nSPS) is 15.8. The van der Waals surface area contributed by atoms with Gasteiger partial charge in [-0.3, -0.25) is 0 Å². The van der Waals surface area contributed by atoms with Crippen molar-refractivity contribution in [3.8, 4) is 0 Å². The van der Waals surface area contributed by atoms with Crippen LogP contribution in [0.4, 0.5) is 0 Å². The Morgan fingerprint density at radius 1 is 0.870 bits per heavy atom. The number of unbranched alkanes of at least 4 members (excludes halogenated alkanes) is 1. The monoisotopic (exact) mass is 309 g/mol. The molecule has 0 spiro atoms. The van der Waals surface area contributed by atoms with Crippen molar-refractivity contribution < 1.29 is 5.11 Å². The van der Waals surface area contributed by atoms with E-state index in [1.54, 1.807) is 0 Å². The Hall–Kier alpha value is -1.64. The molecule has 122 valence electrons. The molecule has 2 nitrogen and oxygen atoms in total. The average Bonchev–Trinajstić information content (AvgIpc) is 2.68. The summed E-state index contributed by atoms with van der Waals surface area (Å²) in [6, 6.07) is 16.8. The number of rotatable bonds is 5. The molecule has 0 aromatic heterocycles. The molecule has 23 heavy (non-hydrogen) atoms. The van der Waals surface area contributed by atoms with Crippen LogP contribution in [0.3, 0.4) is 0 Å². The summed E-state index contributed by atoms with van der Waals surface area (Å²) in [6.45, 7) is 1.07. The highest BCUT2D eigenvalue weighted by molar-refractivity contribution is 5.47. The molecule has 0 radical (unpaired) electrons. The van der Waals surface area contributed by atoms with Crippen molar-refractivity contribution in [1.29, 1.82) is 0 Å². The van der Waals surface area contributed by atoms with Crippen LogP contribution >= 0.6 is 0 Å². The summed E-state index contributed by atoms with van der Waals surface area (Å²) in [5.74, 6) is 0. The predicted molar refractivity (Wildman–Crippen MR) is 95.7 cm³/mol. The largest absolute Gasteiger partial charge is 0.380 e. The Labute approximate surface area is 139 Å². The number of aryl methyl sites for hydroxylation is 2. The highest BCUT2D eigenvalue weighted by Crippen LogP contribution is 2.41. The van der Waals surface area contributed by atoms with E-state index in [0.29, 0.717) is 0 Å². The molecule has 1 aliphatic carbocycles. The molecular weight excluding hydrogens is 282 g/mol. The molecule has 3 rings (SSSR count). The molecule has 0 bridgehead atoms. The van der Waals surface area contributed by atoms with E-state index in [1.165, 1.54) is 11.1 Å². The van der Waals surface area contributed by atoms with E-state index < -0.39 is 5.60 Å². The summed E-state index contributed by atoms with van der Waals surface area (Å²) in [5.41, 5.74) is 3.94. The first-order valence-electron chi connectivity index (χ1n) is 8.65. The summed E-state index contributed by atoms with van der Waals surface area (Å²) in [7, 11) is 4.20. The maximum absolute atomic E-state index is 11.7. The van der Waals surface area contributed by atoms with E-state index in [2.05, 4.69) is 67.5 Å². The van der Waals surface area contributed by atoms with Crippen molar-refractivity contribution in [3.05, 3.63) is 70.8 Å². The van der Waals surface area contributed by atoms with Gasteiger partial charge in [0.05, 0.1) is 0 Å². The molecule has 0 unspecified atom stereocenters. The van der Waals surface area contributed by atoms with Crippen LogP contribution in [0.2, 0.25) is 0 Å². The zero-order chi connectivity index (χ0) is 16.3. The fourth-order valence-electron chi connectivity index (χ4n) is 3.78. The van der Waals surface area contributed by atoms with Crippen LogP contribution in [0, 0.1) is 0 Å². The molecule has 0 fully saturated rings. The predicted octanol–water partition coefficient (Wildman–Crippen LogP) is 3.75. The van der Waals surface area contributed by atoms with Gasteiger partial charge < -0.3 is 10.0 Å². The molecule has 0 saturated carbocycles. The first kappa shape index (κ1) is 16.2. The SMILES string of the molecule is CN(C)CCCCC1(O)c2ccccc2CCc2ccccc21. The number of benzene rings is 2. The molecule has 2 aromatic rings. The van der Waals surface area contributed by atoms with Crippen molar-refractivity contribution >= 4 is 0 Å². The van der Waals surface area contributed by atoms with Crippen molar-refractivity contribution in [2.24, 2.45) is 0 Å². The fourth-order valence-corrected chi connectivity index (χ4v) is 3.78. The maximum Gasteiger partial charge on any atom is 0.115 e. The molecule has 1 aliphatic rings. The highest BCUT2D eigenvalue weighted by Gasteiger charge is 2.36. The summed E-state index contributed by atoms with van der Waals surface area (Å²) in [6.07, 6.45) is 4.94. The second-order valence-electron chi connectivity index (χ2n) is 6.93. The first-order valence-corrected chi connectivity index (χ1v) is 8.65. The van der Waals surface area contributed by atoms with Crippen molar-refractivity contribution in [1.82, 2.24) is 4.90 Å². The minimum Gasteiger partial charge on any atom is -0.380 e. The van der Waals surface area contributed by atoms with E-state index in [-0.39, 0.29) is 0 Å². The molecule has 2 heteroatoms. The minimum absolute atomic E-state index is 0.787. The molecule has 0 saturated heterocycles. The zero-order valence-electron chi connectivity index (χ0n) is 14.3. The van der Waals surface area contributed by atoms with Gasteiger partial charge in [0, 0.05) is 0 Å². The summed E-state index contributed by atoms with van der Waals surface area (Å²) < 4.78 is 0.